The number of aromatic amines is 1. The fraction of sp³-hybridized carbons (Fsp3) is 0.125. The van der Waals surface area contributed by atoms with Crippen molar-refractivity contribution in [2.75, 3.05) is 6.26 Å². The highest BCUT2D eigenvalue weighted by Crippen LogP contribution is 2.21. The molecule has 2 heterocycles. The van der Waals surface area contributed by atoms with Gasteiger partial charge in [0, 0.05) is 23.2 Å². The molecule has 3 aromatic rings. The van der Waals surface area contributed by atoms with Crippen molar-refractivity contribution in [2.24, 2.45) is 0 Å². The van der Waals surface area contributed by atoms with Gasteiger partial charge in [0.2, 0.25) is 0 Å². The molecule has 0 aliphatic rings. The number of hydrogen-bond donors (Lipinski definition) is 1. The lowest BCUT2D eigenvalue weighted by atomic mass is 10.1. The first kappa shape index (κ1) is 16.5. The number of nitrogens with zero attached hydrogens (tertiary/aromatic N) is 2. The molecule has 0 bridgehead atoms. The second kappa shape index (κ2) is 5.92. The largest absolute Gasteiger partial charge is 0.293 e. The second-order valence-electron chi connectivity index (χ2n) is 5.38. The van der Waals surface area contributed by atoms with Gasteiger partial charge in [-0.1, -0.05) is 23.7 Å². The summed E-state index contributed by atoms with van der Waals surface area (Å²) in [6.07, 6.45) is 2.34. The standard InChI is InChI=1S/C16H14ClN3O3S/c1-10-15(11-3-5-12(17)6-4-11)16(21)20(19-10)14-8-7-13(9-18-14)24(2,22)23/h3-9,19H,1-2H3. The van der Waals surface area contributed by atoms with Crippen LogP contribution in [0.1, 0.15) is 5.69 Å². The summed E-state index contributed by atoms with van der Waals surface area (Å²) >= 11 is 5.88. The maximum Gasteiger partial charge on any atom is 0.280 e. The van der Waals surface area contributed by atoms with E-state index in [2.05, 4.69) is 10.1 Å². The third-order valence-corrected chi connectivity index (χ3v) is 4.93. The first-order chi connectivity index (χ1) is 11.3. The van der Waals surface area contributed by atoms with Gasteiger partial charge in [-0.2, -0.15) is 0 Å². The van der Waals surface area contributed by atoms with Crippen molar-refractivity contribution in [1.82, 2.24) is 14.8 Å². The molecule has 1 aromatic carbocycles. The number of nitrogens with one attached hydrogen (secondary N) is 1. The Morgan fingerprint density at radius 3 is 2.33 bits per heavy atom. The minimum absolute atomic E-state index is 0.0977. The summed E-state index contributed by atoms with van der Waals surface area (Å²) < 4.78 is 24.3. The van der Waals surface area contributed by atoms with Gasteiger partial charge in [-0.3, -0.25) is 9.89 Å². The highest BCUT2D eigenvalue weighted by molar-refractivity contribution is 7.90. The lowest BCUT2D eigenvalue weighted by Crippen LogP contribution is -2.17. The van der Waals surface area contributed by atoms with Crippen LogP contribution < -0.4 is 5.56 Å². The van der Waals surface area contributed by atoms with Gasteiger partial charge in [0.25, 0.3) is 5.56 Å². The predicted octanol–water partition coefficient (Wildman–Crippen LogP) is 2.59. The molecule has 3 rings (SSSR count). The predicted molar refractivity (Wildman–Crippen MR) is 92.5 cm³/mol. The molecular weight excluding hydrogens is 350 g/mol. The number of hydrogen-bond acceptors (Lipinski definition) is 4. The van der Waals surface area contributed by atoms with Gasteiger partial charge >= 0.3 is 0 Å². The van der Waals surface area contributed by atoms with E-state index in [-0.39, 0.29) is 10.5 Å². The van der Waals surface area contributed by atoms with Crippen LogP contribution in [0.25, 0.3) is 16.9 Å². The summed E-state index contributed by atoms with van der Waals surface area (Å²) in [5.74, 6) is 0.315. The Labute approximate surface area is 143 Å². The van der Waals surface area contributed by atoms with Crippen LogP contribution in [0.4, 0.5) is 0 Å². The molecule has 6 nitrogen and oxygen atoms in total. The SMILES string of the molecule is Cc1[nH]n(-c2ccc(S(C)(=O)=O)cn2)c(=O)c1-c1ccc(Cl)cc1. The third-order valence-electron chi connectivity index (χ3n) is 3.58. The molecule has 8 heteroatoms. The molecule has 0 spiro atoms. The van der Waals surface area contributed by atoms with Crippen LogP contribution in [0.5, 0.6) is 0 Å². The third kappa shape index (κ3) is 3.00. The van der Waals surface area contributed by atoms with E-state index in [1.807, 2.05) is 0 Å². The number of aromatic nitrogens is 3. The molecule has 0 fully saturated rings. The van der Waals surface area contributed by atoms with E-state index in [1.54, 1.807) is 31.2 Å². The number of sulfone groups is 1. The summed E-state index contributed by atoms with van der Waals surface area (Å²) in [4.78, 5) is 16.9. The van der Waals surface area contributed by atoms with Crippen molar-refractivity contribution in [2.45, 2.75) is 11.8 Å². The van der Waals surface area contributed by atoms with Crippen LogP contribution in [0.2, 0.25) is 5.02 Å². The Hall–Kier alpha value is -2.38. The number of pyridine rings is 1. The molecule has 0 saturated heterocycles. The summed E-state index contributed by atoms with van der Waals surface area (Å²) in [6.45, 7) is 1.78. The zero-order valence-corrected chi connectivity index (χ0v) is 14.5. The van der Waals surface area contributed by atoms with Crippen molar-refractivity contribution in [3.8, 4) is 16.9 Å². The maximum absolute atomic E-state index is 12.7. The fourth-order valence-electron chi connectivity index (χ4n) is 2.39. The Morgan fingerprint density at radius 1 is 1.12 bits per heavy atom. The Kier molecular flexibility index (Phi) is 4.06. The van der Waals surface area contributed by atoms with Crippen molar-refractivity contribution in [1.29, 1.82) is 0 Å². The zero-order valence-electron chi connectivity index (χ0n) is 12.9. The molecule has 0 saturated carbocycles. The van der Waals surface area contributed by atoms with E-state index >= 15 is 0 Å². The van der Waals surface area contributed by atoms with E-state index in [0.29, 0.717) is 22.1 Å². The maximum atomic E-state index is 12.7. The second-order valence-corrected chi connectivity index (χ2v) is 7.84. The molecular formula is C16H14ClN3O3S. The van der Waals surface area contributed by atoms with E-state index in [1.165, 1.54) is 23.0 Å². The van der Waals surface area contributed by atoms with Crippen LogP contribution in [-0.4, -0.2) is 29.4 Å². The van der Waals surface area contributed by atoms with E-state index in [4.69, 9.17) is 11.6 Å². The molecule has 0 amide bonds. The van der Waals surface area contributed by atoms with E-state index < -0.39 is 9.84 Å². The van der Waals surface area contributed by atoms with Crippen molar-refractivity contribution in [3.05, 3.63) is 63.7 Å². The molecule has 24 heavy (non-hydrogen) atoms. The van der Waals surface area contributed by atoms with Gasteiger partial charge in [-0.25, -0.2) is 18.1 Å². The molecule has 0 atom stereocenters. The van der Waals surface area contributed by atoms with Crippen LogP contribution in [0.15, 0.2) is 52.3 Å². The number of benzene rings is 1. The topological polar surface area (TPSA) is 84.8 Å². The van der Waals surface area contributed by atoms with Gasteiger partial charge in [0.15, 0.2) is 15.7 Å². The van der Waals surface area contributed by atoms with Crippen LogP contribution in [0, 0.1) is 6.92 Å². The summed E-state index contributed by atoms with van der Waals surface area (Å²) in [5, 5.41) is 3.55. The van der Waals surface area contributed by atoms with Crippen LogP contribution in [-0.2, 0) is 9.84 Å². The zero-order chi connectivity index (χ0) is 17.5. The van der Waals surface area contributed by atoms with Gasteiger partial charge in [0.1, 0.15) is 0 Å². The number of halogens is 1. The fourth-order valence-corrected chi connectivity index (χ4v) is 3.07. The van der Waals surface area contributed by atoms with Gasteiger partial charge < -0.3 is 0 Å². The average Bonchev–Trinajstić information content (AvgIpc) is 2.83. The van der Waals surface area contributed by atoms with Gasteiger partial charge in [-0.15, -0.1) is 0 Å². The first-order valence-electron chi connectivity index (χ1n) is 7.01. The van der Waals surface area contributed by atoms with Crippen LogP contribution >= 0.6 is 11.6 Å². The van der Waals surface area contributed by atoms with Crippen molar-refractivity contribution < 1.29 is 8.42 Å². The van der Waals surface area contributed by atoms with Crippen molar-refractivity contribution >= 4 is 21.4 Å². The molecule has 124 valence electrons. The monoisotopic (exact) mass is 363 g/mol. The average molecular weight is 364 g/mol. The number of rotatable bonds is 3. The minimum Gasteiger partial charge on any atom is -0.293 e. The molecule has 0 aliphatic heterocycles. The lowest BCUT2D eigenvalue weighted by Gasteiger charge is -2.02. The number of aryl methyl sites for hydroxylation is 1. The summed E-state index contributed by atoms with van der Waals surface area (Å²) in [6, 6.07) is 9.87. The molecule has 0 aliphatic carbocycles. The summed E-state index contributed by atoms with van der Waals surface area (Å²) in [7, 11) is -3.33. The van der Waals surface area contributed by atoms with E-state index in [0.717, 1.165) is 11.8 Å². The summed E-state index contributed by atoms with van der Waals surface area (Å²) in [5.41, 5.74) is 1.66. The Bertz CT molecular complexity index is 1050. The Balaban J connectivity index is 2.09. The molecule has 0 unspecified atom stereocenters. The van der Waals surface area contributed by atoms with E-state index in [9.17, 15) is 13.2 Å². The minimum atomic E-state index is -3.33. The molecule has 0 radical (unpaired) electrons. The highest BCUT2D eigenvalue weighted by Gasteiger charge is 2.15. The number of H-pyrrole nitrogens is 1. The van der Waals surface area contributed by atoms with Gasteiger partial charge in [-0.05, 0) is 36.8 Å². The lowest BCUT2D eigenvalue weighted by molar-refractivity contribution is 0.601. The van der Waals surface area contributed by atoms with Crippen LogP contribution in [0.3, 0.4) is 0 Å². The van der Waals surface area contributed by atoms with Crippen molar-refractivity contribution in [3.63, 3.8) is 0 Å². The highest BCUT2D eigenvalue weighted by atomic mass is 35.5. The Morgan fingerprint density at radius 2 is 1.79 bits per heavy atom. The normalized spacial score (nSPS) is 11.6. The smallest absolute Gasteiger partial charge is 0.280 e. The molecule has 2 aromatic heterocycles. The quantitative estimate of drug-likeness (QED) is 0.775. The first-order valence-corrected chi connectivity index (χ1v) is 9.28. The van der Waals surface area contributed by atoms with Gasteiger partial charge in [0.05, 0.1) is 10.5 Å². The molecule has 1 N–H and O–H groups in total.